The number of halogens is 1. The van der Waals surface area contributed by atoms with Crippen LogP contribution in [-0.2, 0) is 4.79 Å². The summed E-state index contributed by atoms with van der Waals surface area (Å²) in [7, 11) is 0. The summed E-state index contributed by atoms with van der Waals surface area (Å²) in [6, 6.07) is 0.718. The topological polar surface area (TPSA) is 58.4 Å². The summed E-state index contributed by atoms with van der Waals surface area (Å²) in [5.74, 6) is 0.840. The number of nitrogens with zero attached hydrogens (tertiary/aromatic N) is 1. The first-order chi connectivity index (χ1) is 9.08. The fourth-order valence-corrected chi connectivity index (χ4v) is 3.39. The number of carbonyl (C=O) groups excluding carboxylic acids is 1. The van der Waals surface area contributed by atoms with Crippen LogP contribution in [0.3, 0.4) is 0 Å². The molecule has 1 heterocycles. The number of nitrogens with one attached hydrogen (secondary N) is 1. The Morgan fingerprint density at radius 1 is 1.15 bits per heavy atom. The molecule has 2 fully saturated rings. The molecule has 0 aromatic carbocycles. The van der Waals surface area contributed by atoms with Crippen molar-refractivity contribution in [3.8, 4) is 0 Å². The van der Waals surface area contributed by atoms with Gasteiger partial charge >= 0.3 is 0 Å². The van der Waals surface area contributed by atoms with Gasteiger partial charge in [-0.05, 0) is 58.5 Å². The lowest BCUT2D eigenvalue weighted by molar-refractivity contribution is -0.127. The fraction of sp³-hybridized carbons (Fsp3) is 0.933. The van der Waals surface area contributed by atoms with Gasteiger partial charge in [-0.25, -0.2) is 0 Å². The van der Waals surface area contributed by atoms with Gasteiger partial charge in [0, 0.05) is 12.1 Å². The third-order valence-corrected chi connectivity index (χ3v) is 4.95. The van der Waals surface area contributed by atoms with Gasteiger partial charge in [-0.3, -0.25) is 9.69 Å². The lowest BCUT2D eigenvalue weighted by atomic mass is 9.90. The van der Waals surface area contributed by atoms with E-state index < -0.39 is 0 Å². The molecule has 2 rings (SSSR count). The van der Waals surface area contributed by atoms with Crippen molar-refractivity contribution in [2.24, 2.45) is 11.7 Å². The van der Waals surface area contributed by atoms with Crippen LogP contribution in [0.1, 0.15) is 52.4 Å². The quantitative estimate of drug-likeness (QED) is 0.834. The summed E-state index contributed by atoms with van der Waals surface area (Å²) < 4.78 is 0. The van der Waals surface area contributed by atoms with E-state index in [0.29, 0.717) is 12.0 Å². The zero-order valence-electron chi connectivity index (χ0n) is 12.8. The van der Waals surface area contributed by atoms with Gasteiger partial charge in [0.1, 0.15) is 0 Å². The SMILES string of the molecule is CC(N)C1CCN(C(C)C(=O)NC2CCCC2)CC1.Cl. The van der Waals surface area contributed by atoms with E-state index in [-0.39, 0.29) is 30.4 Å². The number of amides is 1. The van der Waals surface area contributed by atoms with Gasteiger partial charge in [0.05, 0.1) is 6.04 Å². The number of carbonyl (C=O) groups is 1. The molecule has 1 saturated carbocycles. The summed E-state index contributed by atoms with van der Waals surface area (Å²) >= 11 is 0. The second-order valence-corrected chi connectivity index (χ2v) is 6.40. The van der Waals surface area contributed by atoms with E-state index in [1.54, 1.807) is 0 Å². The van der Waals surface area contributed by atoms with E-state index in [1.165, 1.54) is 12.8 Å². The Bertz CT molecular complexity index is 297. The van der Waals surface area contributed by atoms with Crippen LogP contribution in [0.2, 0.25) is 0 Å². The van der Waals surface area contributed by atoms with Gasteiger partial charge in [-0.15, -0.1) is 12.4 Å². The molecule has 2 atom stereocenters. The third kappa shape index (κ3) is 4.61. The monoisotopic (exact) mass is 303 g/mol. The van der Waals surface area contributed by atoms with E-state index in [1.807, 2.05) is 6.92 Å². The van der Waals surface area contributed by atoms with Crippen molar-refractivity contribution in [3.63, 3.8) is 0 Å². The maximum absolute atomic E-state index is 12.2. The molecular formula is C15H30ClN3O. The predicted molar refractivity (Wildman–Crippen MR) is 85.1 cm³/mol. The van der Waals surface area contributed by atoms with Crippen LogP contribution in [0.25, 0.3) is 0 Å². The van der Waals surface area contributed by atoms with Crippen molar-refractivity contribution in [2.75, 3.05) is 13.1 Å². The highest BCUT2D eigenvalue weighted by Crippen LogP contribution is 2.22. The van der Waals surface area contributed by atoms with Gasteiger partial charge in [0.25, 0.3) is 0 Å². The first-order valence-corrected chi connectivity index (χ1v) is 7.88. The standard InChI is InChI=1S/C15H29N3O.ClH/c1-11(16)13-7-9-18(10-8-13)12(2)15(19)17-14-5-3-4-6-14;/h11-14H,3-10,16H2,1-2H3,(H,17,19);1H. The lowest BCUT2D eigenvalue weighted by Gasteiger charge is -2.37. The van der Waals surface area contributed by atoms with E-state index in [4.69, 9.17) is 5.73 Å². The van der Waals surface area contributed by atoms with Crippen LogP contribution in [0.5, 0.6) is 0 Å². The maximum atomic E-state index is 12.2. The Hall–Kier alpha value is -0.320. The minimum atomic E-state index is 0. The molecule has 1 aliphatic heterocycles. The van der Waals surface area contributed by atoms with Gasteiger partial charge in [0.2, 0.25) is 5.91 Å². The second kappa shape index (κ2) is 8.20. The molecule has 118 valence electrons. The first-order valence-electron chi connectivity index (χ1n) is 7.88. The van der Waals surface area contributed by atoms with Crippen LogP contribution >= 0.6 is 12.4 Å². The Morgan fingerprint density at radius 2 is 1.70 bits per heavy atom. The molecule has 4 nitrogen and oxygen atoms in total. The van der Waals surface area contributed by atoms with Crippen molar-refractivity contribution in [1.82, 2.24) is 10.2 Å². The van der Waals surface area contributed by atoms with Crippen LogP contribution in [0.4, 0.5) is 0 Å². The molecule has 3 N–H and O–H groups in total. The van der Waals surface area contributed by atoms with Crippen molar-refractivity contribution in [1.29, 1.82) is 0 Å². The van der Waals surface area contributed by atoms with Crippen molar-refractivity contribution in [3.05, 3.63) is 0 Å². The number of nitrogens with two attached hydrogens (primary N) is 1. The summed E-state index contributed by atoms with van der Waals surface area (Å²) in [4.78, 5) is 14.5. The third-order valence-electron chi connectivity index (χ3n) is 4.95. The highest BCUT2D eigenvalue weighted by atomic mass is 35.5. The molecule has 0 aromatic rings. The Balaban J connectivity index is 0.00000200. The van der Waals surface area contributed by atoms with E-state index in [2.05, 4.69) is 17.1 Å². The van der Waals surface area contributed by atoms with Crippen LogP contribution < -0.4 is 11.1 Å². The van der Waals surface area contributed by atoms with Gasteiger partial charge in [0.15, 0.2) is 0 Å². The molecule has 1 amide bonds. The van der Waals surface area contributed by atoms with Crippen molar-refractivity contribution < 1.29 is 4.79 Å². The second-order valence-electron chi connectivity index (χ2n) is 6.40. The number of rotatable bonds is 4. The highest BCUT2D eigenvalue weighted by molar-refractivity contribution is 5.85. The summed E-state index contributed by atoms with van der Waals surface area (Å²) in [5, 5.41) is 3.20. The van der Waals surface area contributed by atoms with Gasteiger partial charge in [-0.2, -0.15) is 0 Å². The number of likely N-dealkylation sites (tertiary alicyclic amines) is 1. The molecule has 0 spiro atoms. The Labute approximate surface area is 129 Å². The molecule has 0 radical (unpaired) electrons. The fourth-order valence-electron chi connectivity index (χ4n) is 3.39. The van der Waals surface area contributed by atoms with Gasteiger partial charge in [-0.1, -0.05) is 12.8 Å². The molecule has 2 aliphatic rings. The van der Waals surface area contributed by atoms with Crippen LogP contribution in [0.15, 0.2) is 0 Å². The maximum Gasteiger partial charge on any atom is 0.237 e. The number of hydrogen-bond acceptors (Lipinski definition) is 3. The zero-order valence-corrected chi connectivity index (χ0v) is 13.6. The summed E-state index contributed by atoms with van der Waals surface area (Å²) in [6.07, 6.45) is 7.09. The molecule has 2 unspecified atom stereocenters. The summed E-state index contributed by atoms with van der Waals surface area (Å²) in [5.41, 5.74) is 5.96. The number of piperidine rings is 1. The number of hydrogen-bond donors (Lipinski definition) is 2. The Kier molecular flexibility index (Phi) is 7.27. The lowest BCUT2D eigenvalue weighted by Crippen LogP contribution is -2.51. The van der Waals surface area contributed by atoms with Crippen molar-refractivity contribution in [2.45, 2.75) is 70.5 Å². The Morgan fingerprint density at radius 3 is 2.20 bits per heavy atom. The zero-order chi connectivity index (χ0) is 13.8. The molecule has 1 aliphatic carbocycles. The highest BCUT2D eigenvalue weighted by Gasteiger charge is 2.29. The van der Waals surface area contributed by atoms with Crippen molar-refractivity contribution >= 4 is 18.3 Å². The molecule has 1 saturated heterocycles. The van der Waals surface area contributed by atoms with E-state index in [0.717, 1.165) is 38.8 Å². The van der Waals surface area contributed by atoms with E-state index >= 15 is 0 Å². The first kappa shape index (κ1) is 17.7. The molecule has 5 heteroatoms. The van der Waals surface area contributed by atoms with E-state index in [9.17, 15) is 4.79 Å². The van der Waals surface area contributed by atoms with Gasteiger partial charge < -0.3 is 11.1 Å². The average Bonchev–Trinajstić information content (AvgIpc) is 2.90. The van der Waals surface area contributed by atoms with Crippen LogP contribution in [-0.4, -0.2) is 42.0 Å². The molecule has 0 bridgehead atoms. The molecule has 0 aromatic heterocycles. The summed E-state index contributed by atoms with van der Waals surface area (Å²) in [6.45, 7) is 6.14. The minimum absolute atomic E-state index is 0. The van der Waals surface area contributed by atoms with Crippen LogP contribution in [0, 0.1) is 5.92 Å². The largest absolute Gasteiger partial charge is 0.352 e. The minimum Gasteiger partial charge on any atom is -0.352 e. The smallest absolute Gasteiger partial charge is 0.237 e. The normalized spacial score (nSPS) is 24.9. The molecular weight excluding hydrogens is 274 g/mol. The average molecular weight is 304 g/mol. The molecule has 20 heavy (non-hydrogen) atoms. The predicted octanol–water partition coefficient (Wildman–Crippen LogP) is 1.91.